The summed E-state index contributed by atoms with van der Waals surface area (Å²) in [6, 6.07) is 19.3. The first-order valence-electron chi connectivity index (χ1n) is 11.4. The average molecular weight is 459 g/mol. The van der Waals surface area contributed by atoms with Gasteiger partial charge in [-0.05, 0) is 42.0 Å². The van der Waals surface area contributed by atoms with Crippen LogP contribution in [0.15, 0.2) is 66.4 Å². The molecular weight excluding hydrogens is 428 g/mol. The fraction of sp³-hybridized carbons (Fsp3) is 0.286. The number of nitrogens with zero attached hydrogens (tertiary/aromatic N) is 2. The lowest BCUT2D eigenvalue weighted by Crippen LogP contribution is -2.37. The summed E-state index contributed by atoms with van der Waals surface area (Å²) in [4.78, 5) is 31.2. The first kappa shape index (κ1) is 23.7. The van der Waals surface area contributed by atoms with Gasteiger partial charge < -0.3 is 14.4 Å². The van der Waals surface area contributed by atoms with E-state index in [9.17, 15) is 9.59 Å². The molecule has 0 spiro atoms. The molecule has 0 unspecified atom stereocenters. The quantitative estimate of drug-likeness (QED) is 0.447. The lowest BCUT2D eigenvalue weighted by atomic mass is 9.99. The second-order valence-electron chi connectivity index (χ2n) is 8.44. The molecule has 0 bridgehead atoms. The lowest BCUT2D eigenvalue weighted by Gasteiger charge is -2.26. The molecule has 0 saturated carbocycles. The molecule has 2 amide bonds. The van der Waals surface area contributed by atoms with E-state index in [4.69, 9.17) is 9.47 Å². The number of hydrogen-bond donors (Lipinski definition) is 0. The number of fused-ring (bicyclic) bond motifs is 1. The highest BCUT2D eigenvalue weighted by Gasteiger charge is 2.43. The molecule has 1 aliphatic rings. The predicted octanol–water partition coefficient (Wildman–Crippen LogP) is 4.34. The molecule has 6 heteroatoms. The van der Waals surface area contributed by atoms with Crippen molar-refractivity contribution in [3.63, 3.8) is 0 Å². The van der Waals surface area contributed by atoms with Crippen LogP contribution in [0.3, 0.4) is 0 Å². The van der Waals surface area contributed by atoms with Gasteiger partial charge in [-0.1, -0.05) is 54.6 Å². The number of amides is 2. The first-order valence-corrected chi connectivity index (χ1v) is 11.4. The van der Waals surface area contributed by atoms with Gasteiger partial charge in [0.2, 0.25) is 0 Å². The molecule has 1 aliphatic heterocycles. The SMILES string of the molecule is COCCN(CCOC)C1=C(c2ccc(C)c(C)c2)C(=O)N(c2cccc3ccccc23)C1=O. The Balaban J connectivity index is 1.89. The van der Waals surface area contributed by atoms with Gasteiger partial charge in [-0.15, -0.1) is 0 Å². The molecule has 0 fully saturated rings. The van der Waals surface area contributed by atoms with Gasteiger partial charge in [-0.3, -0.25) is 9.59 Å². The van der Waals surface area contributed by atoms with Crippen LogP contribution < -0.4 is 4.90 Å². The van der Waals surface area contributed by atoms with E-state index in [0.717, 1.165) is 27.5 Å². The van der Waals surface area contributed by atoms with Crippen LogP contribution in [-0.4, -0.2) is 57.2 Å². The van der Waals surface area contributed by atoms with E-state index in [1.54, 1.807) is 14.2 Å². The minimum atomic E-state index is -0.332. The summed E-state index contributed by atoms with van der Waals surface area (Å²) in [5.74, 6) is -0.652. The summed E-state index contributed by atoms with van der Waals surface area (Å²) in [7, 11) is 3.24. The number of methoxy groups -OCH3 is 2. The first-order chi connectivity index (χ1) is 16.5. The van der Waals surface area contributed by atoms with Crippen molar-refractivity contribution in [3.8, 4) is 0 Å². The van der Waals surface area contributed by atoms with E-state index in [0.29, 0.717) is 43.3 Å². The van der Waals surface area contributed by atoms with Gasteiger partial charge in [0.15, 0.2) is 0 Å². The molecule has 176 valence electrons. The van der Waals surface area contributed by atoms with E-state index in [1.807, 2.05) is 79.4 Å². The number of hydrogen-bond acceptors (Lipinski definition) is 5. The monoisotopic (exact) mass is 458 g/mol. The number of carbonyl (C=O) groups is 2. The molecule has 0 radical (unpaired) electrons. The van der Waals surface area contributed by atoms with Crippen LogP contribution in [0.2, 0.25) is 0 Å². The Morgan fingerprint density at radius 1 is 0.794 bits per heavy atom. The summed E-state index contributed by atoms with van der Waals surface area (Å²) in [6.45, 7) is 5.81. The number of imide groups is 1. The Morgan fingerprint density at radius 2 is 1.47 bits per heavy atom. The van der Waals surface area contributed by atoms with Crippen molar-refractivity contribution < 1.29 is 19.1 Å². The van der Waals surface area contributed by atoms with Gasteiger partial charge in [0, 0.05) is 32.7 Å². The maximum atomic E-state index is 14.0. The maximum Gasteiger partial charge on any atom is 0.282 e. The van der Waals surface area contributed by atoms with E-state index in [1.165, 1.54) is 4.90 Å². The Bertz CT molecular complexity index is 1250. The molecule has 34 heavy (non-hydrogen) atoms. The third-order valence-electron chi connectivity index (χ3n) is 6.31. The zero-order chi connectivity index (χ0) is 24.2. The molecule has 0 N–H and O–H groups in total. The van der Waals surface area contributed by atoms with Crippen LogP contribution in [0.4, 0.5) is 5.69 Å². The van der Waals surface area contributed by atoms with E-state index in [2.05, 4.69) is 0 Å². The normalized spacial score (nSPS) is 13.9. The fourth-order valence-electron chi connectivity index (χ4n) is 4.33. The molecule has 0 saturated heterocycles. The Kier molecular flexibility index (Phi) is 7.10. The molecule has 3 aromatic rings. The average Bonchev–Trinajstić information content (AvgIpc) is 3.10. The molecule has 6 nitrogen and oxygen atoms in total. The van der Waals surface area contributed by atoms with Crippen molar-refractivity contribution in [2.45, 2.75) is 13.8 Å². The molecule has 0 aliphatic carbocycles. The minimum absolute atomic E-state index is 0.320. The van der Waals surface area contributed by atoms with Crippen molar-refractivity contribution >= 4 is 33.8 Å². The van der Waals surface area contributed by atoms with E-state index < -0.39 is 0 Å². The highest BCUT2D eigenvalue weighted by Crippen LogP contribution is 2.38. The highest BCUT2D eigenvalue weighted by molar-refractivity contribution is 6.46. The van der Waals surface area contributed by atoms with Gasteiger partial charge in [0.05, 0.1) is 24.5 Å². The molecular formula is C28H30N2O4. The molecule has 4 rings (SSSR count). The van der Waals surface area contributed by atoms with Crippen LogP contribution in [0.25, 0.3) is 16.3 Å². The van der Waals surface area contributed by atoms with Crippen molar-refractivity contribution in [2.75, 3.05) is 45.4 Å². The Hall–Kier alpha value is -3.48. The van der Waals surface area contributed by atoms with E-state index >= 15 is 0 Å². The highest BCUT2D eigenvalue weighted by atomic mass is 16.5. The smallest absolute Gasteiger partial charge is 0.282 e. The van der Waals surface area contributed by atoms with Crippen LogP contribution in [0.1, 0.15) is 16.7 Å². The zero-order valence-electron chi connectivity index (χ0n) is 20.1. The topological polar surface area (TPSA) is 59.1 Å². The van der Waals surface area contributed by atoms with Gasteiger partial charge in [-0.25, -0.2) is 4.90 Å². The van der Waals surface area contributed by atoms with Crippen molar-refractivity contribution in [3.05, 3.63) is 83.1 Å². The summed E-state index contributed by atoms with van der Waals surface area (Å²) >= 11 is 0. The van der Waals surface area contributed by atoms with Crippen LogP contribution >= 0.6 is 0 Å². The third kappa shape index (κ3) is 4.34. The molecule has 0 atom stereocenters. The second kappa shape index (κ2) is 10.2. The van der Waals surface area contributed by atoms with Gasteiger partial charge in [0.1, 0.15) is 5.70 Å². The standard InChI is InChI=1S/C28H30N2O4/c1-19-12-13-22(18-20(19)2)25-26(29(14-16-33-3)15-17-34-4)28(32)30(27(25)31)24-11-7-9-21-8-5-6-10-23(21)24/h5-13,18H,14-17H2,1-4H3. The van der Waals surface area contributed by atoms with E-state index in [-0.39, 0.29) is 11.8 Å². The maximum absolute atomic E-state index is 14.0. The van der Waals surface area contributed by atoms with Crippen molar-refractivity contribution in [1.29, 1.82) is 0 Å². The van der Waals surface area contributed by atoms with Gasteiger partial charge in [0.25, 0.3) is 11.8 Å². The summed E-state index contributed by atoms with van der Waals surface area (Å²) < 4.78 is 10.6. The predicted molar refractivity (Wildman–Crippen MR) is 135 cm³/mol. The molecule has 3 aromatic carbocycles. The van der Waals surface area contributed by atoms with Gasteiger partial charge in [-0.2, -0.15) is 0 Å². The summed E-state index contributed by atoms with van der Waals surface area (Å²) in [6.07, 6.45) is 0. The Labute approximate surface area is 200 Å². The number of ether oxygens (including phenoxy) is 2. The fourth-order valence-corrected chi connectivity index (χ4v) is 4.33. The van der Waals surface area contributed by atoms with Crippen molar-refractivity contribution in [1.82, 2.24) is 4.90 Å². The van der Waals surface area contributed by atoms with Crippen molar-refractivity contribution in [2.24, 2.45) is 0 Å². The second-order valence-corrected chi connectivity index (χ2v) is 8.44. The molecule has 1 heterocycles. The number of aryl methyl sites for hydroxylation is 2. The summed E-state index contributed by atoms with van der Waals surface area (Å²) in [5.41, 5.74) is 4.31. The Morgan fingerprint density at radius 3 is 2.15 bits per heavy atom. The largest absolute Gasteiger partial charge is 0.383 e. The van der Waals surface area contributed by atoms with Crippen LogP contribution in [0.5, 0.6) is 0 Å². The van der Waals surface area contributed by atoms with Crippen LogP contribution in [0, 0.1) is 13.8 Å². The number of carbonyl (C=O) groups excluding carboxylic acids is 2. The molecule has 0 aromatic heterocycles. The number of rotatable bonds is 9. The third-order valence-corrected chi connectivity index (χ3v) is 6.31. The van der Waals surface area contributed by atoms with Crippen LogP contribution in [-0.2, 0) is 19.1 Å². The summed E-state index contributed by atoms with van der Waals surface area (Å²) in [5, 5.41) is 1.82. The minimum Gasteiger partial charge on any atom is -0.383 e. The van der Waals surface area contributed by atoms with Gasteiger partial charge >= 0.3 is 0 Å². The lowest BCUT2D eigenvalue weighted by molar-refractivity contribution is -0.120. The number of benzene rings is 3. The number of anilines is 1. The zero-order valence-corrected chi connectivity index (χ0v) is 20.1.